The number of rotatable bonds is 1. The van der Waals surface area contributed by atoms with Crippen molar-refractivity contribution in [1.29, 1.82) is 0 Å². The summed E-state index contributed by atoms with van der Waals surface area (Å²) in [6.45, 7) is 8.91. The predicted molar refractivity (Wildman–Crippen MR) is 88.4 cm³/mol. The molecule has 1 aliphatic heterocycles. The molecule has 0 amide bonds. The van der Waals surface area contributed by atoms with Crippen LogP contribution >= 0.6 is 0 Å². The first-order chi connectivity index (χ1) is 11.1. The fourth-order valence-electron chi connectivity index (χ4n) is 3.00. The SMILES string of the molecule is C[C@H]1Cn2nc(-c3ccc(C(F)(F)F)cc3)c(C(C)(C)C)c2C=N1. The van der Waals surface area contributed by atoms with Crippen LogP contribution in [0.25, 0.3) is 11.3 Å². The number of aliphatic imine (C=N–C) groups is 1. The highest BCUT2D eigenvalue weighted by Gasteiger charge is 2.32. The Bertz CT molecular complexity index is 778. The highest BCUT2D eigenvalue weighted by Crippen LogP contribution is 2.37. The number of aromatic nitrogens is 2. The lowest BCUT2D eigenvalue weighted by molar-refractivity contribution is -0.137. The summed E-state index contributed by atoms with van der Waals surface area (Å²) in [6.07, 6.45) is -2.50. The Labute approximate surface area is 139 Å². The second kappa shape index (κ2) is 5.46. The number of hydrogen-bond acceptors (Lipinski definition) is 2. The molecular formula is C18H20F3N3. The third-order valence-electron chi connectivity index (χ3n) is 4.12. The van der Waals surface area contributed by atoms with Gasteiger partial charge in [0.05, 0.1) is 29.5 Å². The second-order valence-corrected chi connectivity index (χ2v) is 7.24. The minimum Gasteiger partial charge on any atom is -0.286 e. The molecule has 24 heavy (non-hydrogen) atoms. The summed E-state index contributed by atoms with van der Waals surface area (Å²) in [6, 6.07) is 5.35. The third-order valence-corrected chi connectivity index (χ3v) is 4.12. The molecule has 2 aromatic rings. The Hall–Kier alpha value is -2.11. The van der Waals surface area contributed by atoms with Crippen molar-refractivity contribution in [3.8, 4) is 11.3 Å². The van der Waals surface area contributed by atoms with E-state index >= 15 is 0 Å². The first-order valence-electron chi connectivity index (χ1n) is 7.89. The maximum Gasteiger partial charge on any atom is 0.416 e. The molecule has 0 fully saturated rings. The number of alkyl halides is 3. The molecule has 0 spiro atoms. The monoisotopic (exact) mass is 335 g/mol. The molecular weight excluding hydrogens is 315 g/mol. The molecule has 1 aliphatic rings. The van der Waals surface area contributed by atoms with Crippen LogP contribution < -0.4 is 0 Å². The quantitative estimate of drug-likeness (QED) is 0.744. The lowest BCUT2D eigenvalue weighted by atomic mass is 9.83. The lowest BCUT2D eigenvalue weighted by Crippen LogP contribution is -2.22. The van der Waals surface area contributed by atoms with Crippen molar-refractivity contribution < 1.29 is 13.2 Å². The van der Waals surface area contributed by atoms with Gasteiger partial charge in [-0.05, 0) is 24.5 Å². The largest absolute Gasteiger partial charge is 0.416 e. The van der Waals surface area contributed by atoms with E-state index in [1.807, 2.05) is 17.8 Å². The molecule has 6 heteroatoms. The van der Waals surface area contributed by atoms with Gasteiger partial charge < -0.3 is 0 Å². The van der Waals surface area contributed by atoms with E-state index in [9.17, 15) is 13.2 Å². The lowest BCUT2D eigenvalue weighted by Gasteiger charge is -2.22. The molecule has 0 aliphatic carbocycles. The average Bonchev–Trinajstić information content (AvgIpc) is 2.85. The molecule has 0 bridgehead atoms. The van der Waals surface area contributed by atoms with Crippen molar-refractivity contribution in [2.45, 2.75) is 51.9 Å². The Morgan fingerprint density at radius 2 is 1.71 bits per heavy atom. The number of nitrogens with zero attached hydrogens (tertiary/aromatic N) is 3. The molecule has 3 rings (SSSR count). The zero-order valence-corrected chi connectivity index (χ0v) is 14.1. The molecule has 1 aromatic heterocycles. The van der Waals surface area contributed by atoms with Gasteiger partial charge in [-0.15, -0.1) is 0 Å². The molecule has 0 N–H and O–H groups in total. The van der Waals surface area contributed by atoms with Gasteiger partial charge in [-0.3, -0.25) is 9.67 Å². The van der Waals surface area contributed by atoms with Gasteiger partial charge in [0.15, 0.2) is 0 Å². The second-order valence-electron chi connectivity index (χ2n) is 7.24. The summed E-state index contributed by atoms with van der Waals surface area (Å²) in [5, 5.41) is 4.67. The zero-order chi connectivity index (χ0) is 17.7. The van der Waals surface area contributed by atoms with E-state index in [1.165, 1.54) is 12.1 Å². The van der Waals surface area contributed by atoms with E-state index in [0.29, 0.717) is 12.1 Å². The van der Waals surface area contributed by atoms with Gasteiger partial charge in [0.2, 0.25) is 0 Å². The molecule has 2 heterocycles. The summed E-state index contributed by atoms with van der Waals surface area (Å²) < 4.78 is 40.3. The molecule has 0 radical (unpaired) electrons. The van der Waals surface area contributed by atoms with Crippen LogP contribution in [0.2, 0.25) is 0 Å². The normalized spacial score (nSPS) is 17.9. The van der Waals surface area contributed by atoms with Gasteiger partial charge in [-0.2, -0.15) is 18.3 Å². The van der Waals surface area contributed by atoms with Crippen LogP contribution in [0.3, 0.4) is 0 Å². The Balaban J connectivity index is 2.13. The molecule has 0 saturated carbocycles. The Kier molecular flexibility index (Phi) is 3.81. The number of benzene rings is 1. The predicted octanol–water partition coefficient (Wildman–Crippen LogP) is 4.69. The van der Waals surface area contributed by atoms with Gasteiger partial charge in [-0.25, -0.2) is 0 Å². The van der Waals surface area contributed by atoms with Gasteiger partial charge in [0, 0.05) is 17.3 Å². The molecule has 128 valence electrons. The zero-order valence-electron chi connectivity index (χ0n) is 14.1. The van der Waals surface area contributed by atoms with Crippen molar-refractivity contribution >= 4 is 6.21 Å². The number of fused-ring (bicyclic) bond motifs is 1. The summed E-state index contributed by atoms with van der Waals surface area (Å²) in [5.41, 5.74) is 2.52. The third kappa shape index (κ3) is 2.97. The molecule has 1 atom stereocenters. The van der Waals surface area contributed by atoms with E-state index in [4.69, 9.17) is 0 Å². The summed E-state index contributed by atoms with van der Waals surface area (Å²) >= 11 is 0. The Morgan fingerprint density at radius 3 is 2.25 bits per heavy atom. The number of halogens is 3. The minimum atomic E-state index is -4.33. The van der Waals surface area contributed by atoms with Crippen LogP contribution in [0, 0.1) is 0 Å². The molecule has 1 aromatic carbocycles. The summed E-state index contributed by atoms with van der Waals surface area (Å²) in [7, 11) is 0. The standard InChI is InChI=1S/C18H20F3N3/c1-11-10-24-14(9-22-11)15(17(2,3)4)16(23-24)12-5-7-13(8-6-12)18(19,20)21/h5-9,11H,10H2,1-4H3/t11-/m0/s1. The van der Waals surface area contributed by atoms with Crippen LogP contribution in [-0.4, -0.2) is 22.0 Å². The van der Waals surface area contributed by atoms with Crippen LogP contribution in [-0.2, 0) is 18.1 Å². The van der Waals surface area contributed by atoms with Crippen LogP contribution in [0.4, 0.5) is 13.2 Å². The van der Waals surface area contributed by atoms with Gasteiger partial charge >= 0.3 is 6.18 Å². The first-order valence-corrected chi connectivity index (χ1v) is 7.89. The van der Waals surface area contributed by atoms with Gasteiger partial charge in [0.1, 0.15) is 0 Å². The van der Waals surface area contributed by atoms with E-state index < -0.39 is 11.7 Å². The topological polar surface area (TPSA) is 30.2 Å². The molecule has 0 saturated heterocycles. The highest BCUT2D eigenvalue weighted by molar-refractivity contribution is 5.85. The fourth-order valence-corrected chi connectivity index (χ4v) is 3.00. The van der Waals surface area contributed by atoms with Crippen molar-refractivity contribution in [2.24, 2.45) is 4.99 Å². The van der Waals surface area contributed by atoms with Crippen molar-refractivity contribution in [2.75, 3.05) is 0 Å². The fraction of sp³-hybridized carbons (Fsp3) is 0.444. The average molecular weight is 335 g/mol. The van der Waals surface area contributed by atoms with Crippen molar-refractivity contribution in [3.05, 3.63) is 41.1 Å². The van der Waals surface area contributed by atoms with Crippen LogP contribution in [0.5, 0.6) is 0 Å². The smallest absolute Gasteiger partial charge is 0.286 e. The summed E-state index contributed by atoms with van der Waals surface area (Å²) in [4.78, 5) is 4.46. The Morgan fingerprint density at radius 1 is 1.08 bits per heavy atom. The first kappa shape index (κ1) is 16.7. The van der Waals surface area contributed by atoms with Gasteiger partial charge in [-0.1, -0.05) is 32.9 Å². The van der Waals surface area contributed by atoms with E-state index in [0.717, 1.165) is 29.1 Å². The van der Waals surface area contributed by atoms with Gasteiger partial charge in [0.25, 0.3) is 0 Å². The van der Waals surface area contributed by atoms with E-state index in [-0.39, 0.29) is 11.5 Å². The molecule has 3 nitrogen and oxygen atoms in total. The minimum absolute atomic E-state index is 0.144. The molecule has 0 unspecified atom stereocenters. The highest BCUT2D eigenvalue weighted by atomic mass is 19.4. The summed E-state index contributed by atoms with van der Waals surface area (Å²) in [5.74, 6) is 0. The van der Waals surface area contributed by atoms with Crippen molar-refractivity contribution in [3.63, 3.8) is 0 Å². The van der Waals surface area contributed by atoms with E-state index in [1.54, 1.807) is 0 Å². The maximum absolute atomic E-state index is 12.8. The maximum atomic E-state index is 12.8. The van der Waals surface area contributed by atoms with E-state index in [2.05, 4.69) is 30.9 Å². The van der Waals surface area contributed by atoms with Crippen LogP contribution in [0.1, 0.15) is 44.5 Å². The number of hydrogen-bond donors (Lipinski definition) is 0. The van der Waals surface area contributed by atoms with Crippen LogP contribution in [0.15, 0.2) is 29.3 Å². The van der Waals surface area contributed by atoms with Crippen molar-refractivity contribution in [1.82, 2.24) is 9.78 Å².